The molecule has 2 aromatic rings. The van der Waals surface area contributed by atoms with Gasteiger partial charge in [-0.2, -0.15) is 18.4 Å². The topological polar surface area (TPSA) is 62.1 Å². The van der Waals surface area contributed by atoms with Crippen molar-refractivity contribution in [1.82, 2.24) is 0 Å². The van der Waals surface area contributed by atoms with Gasteiger partial charge in [-0.25, -0.2) is 8.78 Å². The van der Waals surface area contributed by atoms with Gasteiger partial charge in [0.2, 0.25) is 5.91 Å². The third-order valence-corrected chi connectivity index (χ3v) is 4.03. The average Bonchev–Trinajstić information content (AvgIpc) is 2.60. The van der Waals surface area contributed by atoms with Crippen molar-refractivity contribution in [2.75, 3.05) is 17.7 Å². The van der Waals surface area contributed by atoms with Gasteiger partial charge in [0.05, 0.1) is 11.3 Å². The third kappa shape index (κ3) is 6.45. The van der Waals surface area contributed by atoms with Gasteiger partial charge in [0.1, 0.15) is 11.8 Å². The molecule has 10 heteroatoms. The summed E-state index contributed by atoms with van der Waals surface area (Å²) in [6, 6.07) is 8.49. The molecule has 0 atom stereocenters. The zero-order valence-electron chi connectivity index (χ0n) is 13.4. The lowest BCUT2D eigenvalue weighted by molar-refractivity contribution is -0.153. The highest BCUT2D eigenvalue weighted by Gasteiger charge is 2.28. The van der Waals surface area contributed by atoms with Gasteiger partial charge in [-0.15, -0.1) is 11.8 Å². The van der Waals surface area contributed by atoms with Crippen molar-refractivity contribution in [3.63, 3.8) is 0 Å². The van der Waals surface area contributed by atoms with E-state index in [4.69, 9.17) is 5.26 Å². The van der Waals surface area contributed by atoms with Gasteiger partial charge in [0.15, 0.2) is 18.2 Å². The lowest BCUT2D eigenvalue weighted by Gasteiger charge is -2.12. The van der Waals surface area contributed by atoms with Crippen molar-refractivity contribution >= 4 is 23.4 Å². The molecule has 0 unspecified atom stereocenters. The number of nitrogens with one attached hydrogen (secondary N) is 1. The summed E-state index contributed by atoms with van der Waals surface area (Å²) in [5, 5.41) is 11.5. The van der Waals surface area contributed by atoms with E-state index in [1.54, 1.807) is 6.07 Å². The maximum absolute atomic E-state index is 13.1. The number of hydrogen-bond donors (Lipinski definition) is 1. The molecule has 0 bridgehead atoms. The molecule has 0 saturated heterocycles. The number of amides is 1. The highest BCUT2D eigenvalue weighted by atomic mass is 32.2. The molecule has 27 heavy (non-hydrogen) atoms. The Morgan fingerprint density at radius 1 is 1.15 bits per heavy atom. The number of nitrogens with zero attached hydrogens (tertiary/aromatic N) is 1. The molecule has 0 fully saturated rings. The van der Waals surface area contributed by atoms with Crippen LogP contribution in [0.1, 0.15) is 5.56 Å². The maximum Gasteiger partial charge on any atom is 0.422 e. The van der Waals surface area contributed by atoms with E-state index in [-0.39, 0.29) is 22.8 Å². The Labute approximate surface area is 154 Å². The number of rotatable bonds is 6. The van der Waals surface area contributed by atoms with Crippen LogP contribution in [0.2, 0.25) is 0 Å². The summed E-state index contributed by atoms with van der Waals surface area (Å²) in [6.45, 7) is -1.54. The third-order valence-electron chi connectivity index (χ3n) is 3.04. The predicted octanol–water partition coefficient (Wildman–Crippen LogP) is 4.51. The maximum atomic E-state index is 13.1. The molecule has 0 aromatic heterocycles. The van der Waals surface area contributed by atoms with Crippen LogP contribution in [0.15, 0.2) is 41.3 Å². The Morgan fingerprint density at radius 3 is 2.52 bits per heavy atom. The lowest BCUT2D eigenvalue weighted by Crippen LogP contribution is -2.19. The van der Waals surface area contributed by atoms with Gasteiger partial charge in [0.25, 0.3) is 0 Å². The molecule has 0 aliphatic carbocycles. The number of anilines is 1. The number of benzene rings is 2. The summed E-state index contributed by atoms with van der Waals surface area (Å²) in [7, 11) is 0. The molecule has 2 rings (SSSR count). The second kappa shape index (κ2) is 8.73. The molecule has 0 saturated carbocycles. The molecule has 0 aliphatic rings. The standard InChI is InChI=1S/C17H11F5N2O2S/c18-13-3-2-12(6-14(13)19)27-8-16(25)24-11-1-4-15(10(5-11)7-23)26-9-17(20,21)22/h1-6H,8-9H2,(H,24,25). The van der Waals surface area contributed by atoms with E-state index in [0.717, 1.165) is 30.0 Å². The van der Waals surface area contributed by atoms with Crippen molar-refractivity contribution in [1.29, 1.82) is 5.26 Å². The molecule has 0 aliphatic heterocycles. The van der Waals surface area contributed by atoms with Crippen LogP contribution < -0.4 is 10.1 Å². The lowest BCUT2D eigenvalue weighted by atomic mass is 10.2. The average molecular weight is 402 g/mol. The van der Waals surface area contributed by atoms with E-state index < -0.39 is 30.3 Å². The van der Waals surface area contributed by atoms with E-state index in [1.807, 2.05) is 0 Å². The molecule has 0 heterocycles. The van der Waals surface area contributed by atoms with Crippen molar-refractivity contribution in [3.05, 3.63) is 53.6 Å². The zero-order chi connectivity index (χ0) is 20.0. The zero-order valence-corrected chi connectivity index (χ0v) is 14.3. The highest BCUT2D eigenvalue weighted by molar-refractivity contribution is 8.00. The van der Waals surface area contributed by atoms with Crippen LogP contribution in [-0.4, -0.2) is 24.4 Å². The number of nitriles is 1. The largest absolute Gasteiger partial charge is 0.483 e. The first-order valence-electron chi connectivity index (χ1n) is 7.29. The summed E-state index contributed by atoms with van der Waals surface area (Å²) in [6.07, 6.45) is -4.54. The Kier molecular flexibility index (Phi) is 6.63. The number of carbonyl (C=O) groups is 1. The number of thioether (sulfide) groups is 1. The van der Waals surface area contributed by atoms with Gasteiger partial charge >= 0.3 is 6.18 Å². The Hall–Kier alpha value is -2.80. The molecule has 2 aromatic carbocycles. The van der Waals surface area contributed by atoms with E-state index in [9.17, 15) is 26.7 Å². The number of alkyl halides is 3. The fraction of sp³-hybridized carbons (Fsp3) is 0.176. The number of ether oxygens (including phenoxy) is 1. The molecule has 4 nitrogen and oxygen atoms in total. The Balaban J connectivity index is 1.96. The molecule has 1 N–H and O–H groups in total. The predicted molar refractivity (Wildman–Crippen MR) is 88.4 cm³/mol. The summed E-state index contributed by atoms with van der Waals surface area (Å²) >= 11 is 0.961. The number of carbonyl (C=O) groups excluding carboxylic acids is 1. The Morgan fingerprint density at radius 2 is 1.89 bits per heavy atom. The molecule has 142 valence electrons. The summed E-state index contributed by atoms with van der Waals surface area (Å²) in [4.78, 5) is 12.3. The van der Waals surface area contributed by atoms with Crippen LogP contribution in [0.5, 0.6) is 5.75 Å². The minimum absolute atomic E-state index is 0.126. The minimum Gasteiger partial charge on any atom is -0.483 e. The first kappa shape index (κ1) is 20.5. The second-order valence-electron chi connectivity index (χ2n) is 5.14. The minimum atomic E-state index is -4.54. The van der Waals surface area contributed by atoms with Crippen molar-refractivity contribution < 1.29 is 31.5 Å². The van der Waals surface area contributed by atoms with E-state index in [0.29, 0.717) is 4.90 Å². The fourth-order valence-corrected chi connectivity index (χ4v) is 2.61. The first-order chi connectivity index (χ1) is 12.7. The fourth-order valence-electron chi connectivity index (χ4n) is 1.89. The smallest absolute Gasteiger partial charge is 0.422 e. The molecule has 1 amide bonds. The van der Waals surface area contributed by atoms with Crippen LogP contribution in [0.4, 0.5) is 27.6 Å². The highest BCUT2D eigenvalue weighted by Crippen LogP contribution is 2.25. The molecular weight excluding hydrogens is 391 g/mol. The van der Waals surface area contributed by atoms with E-state index in [1.165, 1.54) is 18.2 Å². The quantitative estimate of drug-likeness (QED) is 0.571. The first-order valence-corrected chi connectivity index (χ1v) is 8.28. The number of hydrogen-bond acceptors (Lipinski definition) is 4. The van der Waals surface area contributed by atoms with Crippen LogP contribution in [0, 0.1) is 23.0 Å². The molecular formula is C17H11F5N2O2S. The van der Waals surface area contributed by atoms with Gasteiger partial charge in [0, 0.05) is 10.6 Å². The van der Waals surface area contributed by atoms with E-state index >= 15 is 0 Å². The van der Waals surface area contributed by atoms with Crippen molar-refractivity contribution in [2.24, 2.45) is 0 Å². The summed E-state index contributed by atoms with van der Waals surface area (Å²) in [5.41, 5.74) is 0.00658. The molecule has 0 spiro atoms. The molecule has 0 radical (unpaired) electrons. The van der Waals surface area contributed by atoms with Crippen LogP contribution >= 0.6 is 11.8 Å². The summed E-state index contributed by atoms with van der Waals surface area (Å²) < 4.78 is 67.1. The van der Waals surface area contributed by atoms with E-state index in [2.05, 4.69) is 10.1 Å². The monoisotopic (exact) mass is 402 g/mol. The van der Waals surface area contributed by atoms with Crippen LogP contribution in [0.3, 0.4) is 0 Å². The van der Waals surface area contributed by atoms with Crippen LogP contribution in [-0.2, 0) is 4.79 Å². The normalized spacial score (nSPS) is 11.0. The number of halogens is 5. The van der Waals surface area contributed by atoms with Crippen LogP contribution in [0.25, 0.3) is 0 Å². The van der Waals surface area contributed by atoms with Gasteiger partial charge in [-0.3, -0.25) is 4.79 Å². The van der Waals surface area contributed by atoms with Gasteiger partial charge < -0.3 is 10.1 Å². The van der Waals surface area contributed by atoms with Gasteiger partial charge in [-0.1, -0.05) is 0 Å². The van der Waals surface area contributed by atoms with Crippen molar-refractivity contribution in [2.45, 2.75) is 11.1 Å². The second-order valence-corrected chi connectivity index (χ2v) is 6.19. The Bertz CT molecular complexity index is 881. The van der Waals surface area contributed by atoms with Gasteiger partial charge in [-0.05, 0) is 36.4 Å². The SMILES string of the molecule is N#Cc1cc(NC(=O)CSc2ccc(F)c(F)c2)ccc1OCC(F)(F)F. The van der Waals surface area contributed by atoms with Crippen molar-refractivity contribution in [3.8, 4) is 11.8 Å². The summed E-state index contributed by atoms with van der Waals surface area (Å²) in [5.74, 6) is -2.92.